The molecule has 0 spiro atoms. The highest BCUT2D eigenvalue weighted by Gasteiger charge is 2.05. The molecule has 0 bridgehead atoms. The van der Waals surface area contributed by atoms with Crippen LogP contribution in [0.5, 0.6) is 0 Å². The van der Waals surface area contributed by atoms with Crippen molar-refractivity contribution in [2.75, 3.05) is 0 Å². The van der Waals surface area contributed by atoms with Gasteiger partial charge in [-0.05, 0) is 30.7 Å². The molecule has 1 unspecified atom stereocenters. The lowest BCUT2D eigenvalue weighted by atomic mass is 10.2. The second kappa shape index (κ2) is 5.59. The predicted octanol–water partition coefficient (Wildman–Crippen LogP) is 2.53. The smallest absolute Gasteiger partial charge is 0.141 e. The first-order valence-electron chi connectivity index (χ1n) is 5.59. The summed E-state index contributed by atoms with van der Waals surface area (Å²) in [5.41, 5.74) is 0.844. The van der Waals surface area contributed by atoms with E-state index < -0.39 is 0 Å². The molecule has 0 saturated heterocycles. The van der Waals surface area contributed by atoms with Crippen LogP contribution in [0, 0.1) is 5.82 Å². The zero-order valence-corrected chi connectivity index (χ0v) is 9.69. The normalized spacial score (nSPS) is 12.6. The summed E-state index contributed by atoms with van der Waals surface area (Å²) in [6.45, 7) is 2.67. The number of furan rings is 1. The molecule has 2 heterocycles. The maximum Gasteiger partial charge on any atom is 0.141 e. The van der Waals surface area contributed by atoms with Gasteiger partial charge in [0.1, 0.15) is 11.6 Å². The monoisotopic (exact) mass is 234 g/mol. The minimum Gasteiger partial charge on any atom is -0.469 e. The van der Waals surface area contributed by atoms with Crippen LogP contribution < -0.4 is 5.32 Å². The zero-order chi connectivity index (χ0) is 12.1. The second-order valence-corrected chi connectivity index (χ2v) is 4.08. The van der Waals surface area contributed by atoms with E-state index in [2.05, 4.69) is 17.2 Å². The Morgan fingerprint density at radius 3 is 3.06 bits per heavy atom. The van der Waals surface area contributed by atoms with Gasteiger partial charge in [0.15, 0.2) is 0 Å². The van der Waals surface area contributed by atoms with Gasteiger partial charge in [0.25, 0.3) is 0 Å². The van der Waals surface area contributed by atoms with E-state index in [0.717, 1.165) is 17.7 Å². The predicted molar refractivity (Wildman–Crippen MR) is 62.9 cm³/mol. The van der Waals surface area contributed by atoms with Crippen molar-refractivity contribution >= 4 is 0 Å². The molecule has 1 atom stereocenters. The SMILES string of the molecule is CC(Cc1ccco1)NCc1cncc(F)c1. The third kappa shape index (κ3) is 3.67. The van der Waals surface area contributed by atoms with Crippen LogP contribution in [0.1, 0.15) is 18.2 Å². The molecule has 17 heavy (non-hydrogen) atoms. The Morgan fingerprint density at radius 1 is 1.47 bits per heavy atom. The summed E-state index contributed by atoms with van der Waals surface area (Å²) in [7, 11) is 0. The van der Waals surface area contributed by atoms with E-state index >= 15 is 0 Å². The van der Waals surface area contributed by atoms with Gasteiger partial charge in [-0.2, -0.15) is 0 Å². The molecule has 0 aromatic carbocycles. The Morgan fingerprint density at radius 2 is 2.35 bits per heavy atom. The van der Waals surface area contributed by atoms with Crippen molar-refractivity contribution < 1.29 is 8.81 Å². The van der Waals surface area contributed by atoms with Gasteiger partial charge in [0, 0.05) is 25.2 Å². The average molecular weight is 234 g/mol. The molecule has 1 N–H and O–H groups in total. The van der Waals surface area contributed by atoms with Gasteiger partial charge in [-0.15, -0.1) is 0 Å². The first-order chi connectivity index (χ1) is 8.24. The molecule has 0 radical (unpaired) electrons. The van der Waals surface area contributed by atoms with Crippen LogP contribution >= 0.6 is 0 Å². The van der Waals surface area contributed by atoms with Gasteiger partial charge in [0.05, 0.1) is 12.5 Å². The lowest BCUT2D eigenvalue weighted by Crippen LogP contribution is -2.27. The van der Waals surface area contributed by atoms with E-state index in [9.17, 15) is 4.39 Å². The van der Waals surface area contributed by atoms with Crippen LogP contribution in [0.4, 0.5) is 4.39 Å². The van der Waals surface area contributed by atoms with Gasteiger partial charge in [0.2, 0.25) is 0 Å². The molecule has 0 aliphatic carbocycles. The lowest BCUT2D eigenvalue weighted by Gasteiger charge is -2.12. The van der Waals surface area contributed by atoms with Crippen molar-refractivity contribution in [3.8, 4) is 0 Å². The van der Waals surface area contributed by atoms with E-state index in [-0.39, 0.29) is 11.9 Å². The summed E-state index contributed by atoms with van der Waals surface area (Å²) in [4.78, 5) is 3.80. The summed E-state index contributed by atoms with van der Waals surface area (Å²) in [5, 5.41) is 3.30. The summed E-state index contributed by atoms with van der Waals surface area (Å²) >= 11 is 0. The largest absolute Gasteiger partial charge is 0.469 e. The Kier molecular flexibility index (Phi) is 3.88. The van der Waals surface area contributed by atoms with Crippen molar-refractivity contribution in [3.63, 3.8) is 0 Å². The van der Waals surface area contributed by atoms with E-state index in [0.29, 0.717) is 6.54 Å². The number of nitrogens with zero attached hydrogens (tertiary/aromatic N) is 1. The van der Waals surface area contributed by atoms with Crippen LogP contribution in [-0.4, -0.2) is 11.0 Å². The summed E-state index contributed by atoms with van der Waals surface area (Å²) < 4.78 is 18.2. The fraction of sp³-hybridized carbons (Fsp3) is 0.308. The van der Waals surface area contributed by atoms with E-state index in [4.69, 9.17) is 4.42 Å². The van der Waals surface area contributed by atoms with Gasteiger partial charge in [-0.3, -0.25) is 4.98 Å². The van der Waals surface area contributed by atoms with Crippen molar-refractivity contribution in [1.29, 1.82) is 0 Å². The molecular weight excluding hydrogens is 219 g/mol. The van der Waals surface area contributed by atoms with Crippen molar-refractivity contribution in [1.82, 2.24) is 10.3 Å². The number of rotatable bonds is 5. The first kappa shape index (κ1) is 11.8. The third-order valence-electron chi connectivity index (χ3n) is 2.50. The molecule has 90 valence electrons. The molecule has 2 aromatic heterocycles. The van der Waals surface area contributed by atoms with Crippen LogP contribution in [-0.2, 0) is 13.0 Å². The minimum absolute atomic E-state index is 0.268. The maximum absolute atomic E-state index is 12.9. The average Bonchev–Trinajstić information content (AvgIpc) is 2.79. The quantitative estimate of drug-likeness (QED) is 0.864. The molecular formula is C13H15FN2O. The standard InChI is InChI=1S/C13H15FN2O/c1-10(5-13-3-2-4-17-13)16-8-11-6-12(14)9-15-7-11/h2-4,6-7,9-10,16H,5,8H2,1H3. The summed E-state index contributed by atoms with van der Waals surface area (Å²) in [6.07, 6.45) is 5.35. The van der Waals surface area contributed by atoms with E-state index in [1.54, 1.807) is 12.5 Å². The zero-order valence-electron chi connectivity index (χ0n) is 9.69. The second-order valence-electron chi connectivity index (χ2n) is 4.08. The number of aromatic nitrogens is 1. The Balaban J connectivity index is 1.82. The fourth-order valence-corrected chi connectivity index (χ4v) is 1.65. The number of hydrogen-bond acceptors (Lipinski definition) is 3. The highest BCUT2D eigenvalue weighted by Crippen LogP contribution is 2.05. The maximum atomic E-state index is 12.9. The van der Waals surface area contributed by atoms with Crippen LogP contribution in [0.25, 0.3) is 0 Å². The van der Waals surface area contributed by atoms with Crippen LogP contribution in [0.15, 0.2) is 41.3 Å². The minimum atomic E-state index is -0.303. The van der Waals surface area contributed by atoms with Crippen LogP contribution in [0.2, 0.25) is 0 Å². The molecule has 0 aliphatic rings. The van der Waals surface area contributed by atoms with E-state index in [1.807, 2.05) is 12.1 Å². The summed E-state index contributed by atoms with van der Waals surface area (Å²) in [6, 6.07) is 5.57. The number of halogens is 1. The van der Waals surface area contributed by atoms with Gasteiger partial charge in [-0.1, -0.05) is 0 Å². The topological polar surface area (TPSA) is 38.1 Å². The van der Waals surface area contributed by atoms with Crippen molar-refractivity contribution in [2.45, 2.75) is 25.9 Å². The number of nitrogens with one attached hydrogen (secondary N) is 1. The highest BCUT2D eigenvalue weighted by atomic mass is 19.1. The lowest BCUT2D eigenvalue weighted by molar-refractivity contribution is 0.456. The molecule has 4 heteroatoms. The molecule has 3 nitrogen and oxygen atoms in total. The van der Waals surface area contributed by atoms with Gasteiger partial charge in [-0.25, -0.2) is 4.39 Å². The van der Waals surface area contributed by atoms with Crippen LogP contribution in [0.3, 0.4) is 0 Å². The summed E-state index contributed by atoms with van der Waals surface area (Å²) in [5.74, 6) is 0.644. The molecule has 0 aliphatic heterocycles. The highest BCUT2D eigenvalue weighted by molar-refractivity contribution is 5.10. The Labute approximate surface area is 99.7 Å². The Hall–Kier alpha value is -1.68. The third-order valence-corrected chi connectivity index (χ3v) is 2.50. The van der Waals surface area contributed by atoms with Gasteiger partial charge >= 0.3 is 0 Å². The molecule has 2 aromatic rings. The van der Waals surface area contributed by atoms with E-state index in [1.165, 1.54) is 12.3 Å². The molecule has 0 fully saturated rings. The fourth-order valence-electron chi connectivity index (χ4n) is 1.65. The number of hydrogen-bond donors (Lipinski definition) is 1. The Bertz CT molecular complexity index is 456. The molecule has 0 amide bonds. The van der Waals surface area contributed by atoms with Crippen molar-refractivity contribution in [2.24, 2.45) is 0 Å². The first-order valence-corrected chi connectivity index (χ1v) is 5.59. The molecule has 2 rings (SSSR count). The molecule has 0 saturated carbocycles. The number of pyridine rings is 1. The van der Waals surface area contributed by atoms with Gasteiger partial charge < -0.3 is 9.73 Å². The van der Waals surface area contributed by atoms with Crippen molar-refractivity contribution in [3.05, 3.63) is 54.0 Å².